The monoisotopic (exact) mass is 262 g/mol. The highest BCUT2D eigenvalue weighted by atomic mass is 32.1. The van der Waals surface area contributed by atoms with Gasteiger partial charge in [-0.3, -0.25) is 0 Å². The Morgan fingerprint density at radius 3 is 2.56 bits per heavy atom. The number of nitrogens with two attached hydrogens (primary N) is 1. The highest BCUT2D eigenvalue weighted by molar-refractivity contribution is 7.13. The van der Waals surface area contributed by atoms with Gasteiger partial charge in [0, 0.05) is 11.8 Å². The van der Waals surface area contributed by atoms with E-state index in [2.05, 4.69) is 37.9 Å². The van der Waals surface area contributed by atoms with Gasteiger partial charge in [-0.05, 0) is 43.5 Å². The highest BCUT2D eigenvalue weighted by Gasteiger charge is 2.04. The van der Waals surface area contributed by atoms with Gasteiger partial charge in [0.2, 0.25) is 0 Å². The number of benzene rings is 1. The van der Waals surface area contributed by atoms with Gasteiger partial charge in [-0.1, -0.05) is 6.07 Å². The molecule has 0 radical (unpaired) electrons. The summed E-state index contributed by atoms with van der Waals surface area (Å²) in [7, 11) is 0. The van der Waals surface area contributed by atoms with E-state index < -0.39 is 0 Å². The van der Waals surface area contributed by atoms with Crippen LogP contribution in [0.2, 0.25) is 0 Å². The number of thiazole rings is 1. The zero-order valence-electron chi connectivity index (χ0n) is 11.0. The molecule has 1 heterocycles. The first-order valence-electron chi connectivity index (χ1n) is 5.97. The van der Waals surface area contributed by atoms with Crippen molar-refractivity contribution < 1.29 is 4.74 Å². The molecule has 18 heavy (non-hydrogen) atoms. The third kappa shape index (κ3) is 3.01. The summed E-state index contributed by atoms with van der Waals surface area (Å²) in [6.45, 7) is 6.92. The standard InChI is InChI=1S/C14H18N2OS/c1-9-6-11(3)13(7-10(9)2)17-5-4-12-8-18-14(15)16-12/h6-8H,4-5H2,1-3H3,(H2,15,16). The molecule has 0 fully saturated rings. The Hall–Kier alpha value is -1.55. The maximum absolute atomic E-state index is 5.81. The van der Waals surface area contributed by atoms with Crippen LogP contribution in [0.3, 0.4) is 0 Å². The molecular weight excluding hydrogens is 244 g/mol. The maximum atomic E-state index is 5.81. The average Bonchev–Trinajstić information content (AvgIpc) is 2.71. The number of aromatic nitrogens is 1. The van der Waals surface area contributed by atoms with Crippen LogP contribution in [0.5, 0.6) is 5.75 Å². The fourth-order valence-electron chi connectivity index (χ4n) is 1.79. The quantitative estimate of drug-likeness (QED) is 0.920. The Kier molecular flexibility index (Phi) is 3.87. The first kappa shape index (κ1) is 12.9. The number of aryl methyl sites for hydroxylation is 3. The third-order valence-corrected chi connectivity index (χ3v) is 3.70. The predicted octanol–water partition coefficient (Wildman–Crippen LogP) is 3.27. The predicted molar refractivity (Wildman–Crippen MR) is 76.4 cm³/mol. The van der Waals surface area contributed by atoms with E-state index in [-0.39, 0.29) is 0 Å². The lowest BCUT2D eigenvalue weighted by atomic mass is 10.1. The molecule has 4 heteroatoms. The molecule has 1 aromatic heterocycles. The van der Waals surface area contributed by atoms with Crippen molar-refractivity contribution in [1.82, 2.24) is 4.98 Å². The number of ether oxygens (including phenoxy) is 1. The van der Waals surface area contributed by atoms with E-state index in [1.165, 1.54) is 28.0 Å². The van der Waals surface area contributed by atoms with Crippen LogP contribution in [-0.2, 0) is 6.42 Å². The van der Waals surface area contributed by atoms with Crippen molar-refractivity contribution in [3.63, 3.8) is 0 Å². The van der Waals surface area contributed by atoms with Crippen molar-refractivity contribution in [1.29, 1.82) is 0 Å². The molecule has 2 N–H and O–H groups in total. The minimum atomic E-state index is 0.618. The number of hydrogen-bond donors (Lipinski definition) is 1. The Labute approximate surface area is 112 Å². The van der Waals surface area contributed by atoms with Crippen LogP contribution < -0.4 is 10.5 Å². The zero-order chi connectivity index (χ0) is 13.1. The van der Waals surface area contributed by atoms with Gasteiger partial charge in [-0.2, -0.15) is 0 Å². The summed E-state index contributed by atoms with van der Waals surface area (Å²) in [5.74, 6) is 0.960. The van der Waals surface area contributed by atoms with E-state index in [9.17, 15) is 0 Å². The molecule has 0 aliphatic rings. The van der Waals surface area contributed by atoms with Crippen LogP contribution in [-0.4, -0.2) is 11.6 Å². The summed E-state index contributed by atoms with van der Waals surface area (Å²) in [5.41, 5.74) is 10.3. The first-order chi connectivity index (χ1) is 8.56. The summed E-state index contributed by atoms with van der Waals surface area (Å²) in [6, 6.07) is 4.26. The minimum absolute atomic E-state index is 0.618. The molecule has 0 saturated heterocycles. The van der Waals surface area contributed by atoms with Crippen LogP contribution in [0, 0.1) is 20.8 Å². The molecule has 0 aliphatic heterocycles. The van der Waals surface area contributed by atoms with Gasteiger partial charge < -0.3 is 10.5 Å². The molecule has 0 aliphatic carbocycles. The Balaban J connectivity index is 1.96. The van der Waals surface area contributed by atoms with Crippen molar-refractivity contribution in [3.05, 3.63) is 39.9 Å². The Bertz CT molecular complexity index is 549. The molecule has 2 rings (SSSR count). The Morgan fingerprint density at radius 1 is 1.17 bits per heavy atom. The fraction of sp³-hybridized carbons (Fsp3) is 0.357. The van der Waals surface area contributed by atoms with Crippen molar-refractivity contribution in [3.8, 4) is 5.75 Å². The van der Waals surface area contributed by atoms with Crippen LogP contribution >= 0.6 is 11.3 Å². The van der Waals surface area contributed by atoms with Crippen LogP contribution in [0.15, 0.2) is 17.5 Å². The van der Waals surface area contributed by atoms with Crippen LogP contribution in [0.1, 0.15) is 22.4 Å². The summed E-state index contributed by atoms with van der Waals surface area (Å²) in [4.78, 5) is 4.21. The molecule has 1 aromatic carbocycles. The van der Waals surface area contributed by atoms with Crippen molar-refractivity contribution in [2.75, 3.05) is 12.3 Å². The molecule has 0 amide bonds. The summed E-state index contributed by atoms with van der Waals surface area (Å²) >= 11 is 1.47. The first-order valence-corrected chi connectivity index (χ1v) is 6.85. The van der Waals surface area contributed by atoms with Gasteiger partial charge in [-0.15, -0.1) is 11.3 Å². The molecule has 96 valence electrons. The SMILES string of the molecule is Cc1cc(C)c(OCCc2csc(N)n2)cc1C. The molecule has 2 aromatic rings. The van der Waals surface area contributed by atoms with Gasteiger partial charge >= 0.3 is 0 Å². The van der Waals surface area contributed by atoms with E-state index in [1.807, 2.05) is 5.38 Å². The van der Waals surface area contributed by atoms with Crippen molar-refractivity contribution in [2.24, 2.45) is 0 Å². The lowest BCUT2D eigenvalue weighted by Crippen LogP contribution is -2.03. The molecule has 0 bridgehead atoms. The molecule has 0 saturated carbocycles. The van der Waals surface area contributed by atoms with Crippen molar-refractivity contribution >= 4 is 16.5 Å². The number of hydrogen-bond acceptors (Lipinski definition) is 4. The van der Waals surface area contributed by atoms with E-state index in [0.717, 1.165) is 17.9 Å². The smallest absolute Gasteiger partial charge is 0.180 e. The van der Waals surface area contributed by atoms with Gasteiger partial charge in [0.25, 0.3) is 0 Å². The number of nitrogen functional groups attached to an aromatic ring is 1. The topological polar surface area (TPSA) is 48.1 Å². The van der Waals surface area contributed by atoms with Gasteiger partial charge in [0.15, 0.2) is 5.13 Å². The molecule has 0 spiro atoms. The zero-order valence-corrected chi connectivity index (χ0v) is 11.8. The van der Waals surface area contributed by atoms with E-state index in [1.54, 1.807) is 0 Å². The lowest BCUT2D eigenvalue weighted by Gasteiger charge is -2.11. The van der Waals surface area contributed by atoms with Gasteiger partial charge in [-0.25, -0.2) is 4.98 Å². The minimum Gasteiger partial charge on any atom is -0.493 e. The second kappa shape index (κ2) is 5.40. The third-order valence-electron chi connectivity index (χ3n) is 2.98. The van der Waals surface area contributed by atoms with E-state index in [4.69, 9.17) is 10.5 Å². The normalized spacial score (nSPS) is 10.6. The van der Waals surface area contributed by atoms with E-state index in [0.29, 0.717) is 11.7 Å². The maximum Gasteiger partial charge on any atom is 0.180 e. The second-order valence-electron chi connectivity index (χ2n) is 4.48. The van der Waals surface area contributed by atoms with Gasteiger partial charge in [0.05, 0.1) is 12.3 Å². The molecule has 0 unspecified atom stereocenters. The summed E-state index contributed by atoms with van der Waals surface area (Å²) in [6.07, 6.45) is 0.792. The number of rotatable bonds is 4. The highest BCUT2D eigenvalue weighted by Crippen LogP contribution is 2.22. The largest absolute Gasteiger partial charge is 0.493 e. The van der Waals surface area contributed by atoms with Gasteiger partial charge in [0.1, 0.15) is 5.75 Å². The second-order valence-corrected chi connectivity index (χ2v) is 5.37. The van der Waals surface area contributed by atoms with Crippen LogP contribution in [0.4, 0.5) is 5.13 Å². The fourth-order valence-corrected chi connectivity index (χ4v) is 2.39. The summed E-state index contributed by atoms with van der Waals surface area (Å²) in [5, 5.41) is 2.60. The Morgan fingerprint density at radius 2 is 1.89 bits per heavy atom. The van der Waals surface area contributed by atoms with Crippen LogP contribution in [0.25, 0.3) is 0 Å². The van der Waals surface area contributed by atoms with Crippen molar-refractivity contribution in [2.45, 2.75) is 27.2 Å². The molecular formula is C14H18N2OS. The number of nitrogens with zero attached hydrogens (tertiary/aromatic N) is 1. The summed E-state index contributed by atoms with van der Waals surface area (Å²) < 4.78 is 5.81. The van der Waals surface area contributed by atoms with E-state index >= 15 is 0 Å². The average molecular weight is 262 g/mol. The lowest BCUT2D eigenvalue weighted by molar-refractivity contribution is 0.318. The molecule has 0 atom stereocenters. The number of anilines is 1. The molecule has 3 nitrogen and oxygen atoms in total.